The van der Waals surface area contributed by atoms with E-state index in [1.54, 1.807) is 12.1 Å². The summed E-state index contributed by atoms with van der Waals surface area (Å²) >= 11 is 0. The molecule has 1 aromatic rings. The van der Waals surface area contributed by atoms with E-state index in [-0.39, 0.29) is 18.7 Å². The highest BCUT2D eigenvalue weighted by Gasteiger charge is 2.36. The lowest BCUT2D eigenvalue weighted by atomic mass is 9.82. The van der Waals surface area contributed by atoms with Crippen molar-refractivity contribution >= 4 is 29.2 Å². The summed E-state index contributed by atoms with van der Waals surface area (Å²) in [4.78, 5) is 38.1. The van der Waals surface area contributed by atoms with Gasteiger partial charge < -0.3 is 15.4 Å². The Labute approximate surface area is 157 Å². The molecule has 0 spiro atoms. The maximum absolute atomic E-state index is 14.7. The van der Waals surface area contributed by atoms with Crippen LogP contribution in [-0.4, -0.2) is 43.5 Å². The molecule has 3 rings (SSSR count). The Morgan fingerprint density at radius 3 is 2.74 bits per heavy atom. The summed E-state index contributed by atoms with van der Waals surface area (Å²) in [5, 5.41) is 0. The normalized spacial score (nSPS) is 22.1. The second-order valence-corrected chi connectivity index (χ2v) is 7.74. The number of carbonyl (C=O) groups is 3. The predicted molar refractivity (Wildman–Crippen MR) is 98.1 cm³/mol. The van der Waals surface area contributed by atoms with Crippen molar-refractivity contribution in [3.63, 3.8) is 0 Å². The summed E-state index contributed by atoms with van der Waals surface area (Å²) in [6, 6.07) is 4.59. The van der Waals surface area contributed by atoms with Gasteiger partial charge in [-0.1, -0.05) is 13.8 Å². The molecular weight excluding hydrogens is 353 g/mol. The van der Waals surface area contributed by atoms with Crippen molar-refractivity contribution < 1.29 is 23.5 Å². The number of primary amides is 1. The number of piperidine rings is 1. The highest BCUT2D eigenvalue weighted by atomic mass is 19.1. The van der Waals surface area contributed by atoms with Gasteiger partial charge in [-0.2, -0.15) is 0 Å². The predicted octanol–water partition coefficient (Wildman–Crippen LogP) is 2.22. The molecule has 2 aliphatic rings. The molecule has 2 fully saturated rings. The van der Waals surface area contributed by atoms with Crippen LogP contribution in [0.5, 0.6) is 0 Å². The van der Waals surface area contributed by atoms with Gasteiger partial charge in [-0.05, 0) is 24.6 Å². The SMILES string of the molecule is CC1(C)CN(c2ccc(N3C[C@H](CCC(N)=O)OC3=O)cc2F)CCC1=O. The molecule has 0 bridgehead atoms. The Hall–Kier alpha value is -2.64. The molecule has 2 saturated heterocycles. The van der Waals surface area contributed by atoms with E-state index in [1.807, 2.05) is 18.7 Å². The lowest BCUT2D eigenvalue weighted by molar-refractivity contribution is -0.127. The van der Waals surface area contributed by atoms with Crippen LogP contribution in [0.15, 0.2) is 18.2 Å². The van der Waals surface area contributed by atoms with Crippen molar-refractivity contribution in [2.45, 2.75) is 39.2 Å². The molecule has 1 aromatic carbocycles. The monoisotopic (exact) mass is 377 g/mol. The average Bonchev–Trinajstić information content (AvgIpc) is 2.96. The first-order chi connectivity index (χ1) is 12.7. The summed E-state index contributed by atoms with van der Waals surface area (Å²) in [5.74, 6) is -0.730. The van der Waals surface area contributed by atoms with E-state index < -0.39 is 29.3 Å². The minimum atomic E-state index is -0.568. The van der Waals surface area contributed by atoms with Gasteiger partial charge in [0.05, 0.1) is 17.9 Å². The smallest absolute Gasteiger partial charge is 0.414 e. The van der Waals surface area contributed by atoms with Gasteiger partial charge in [-0.25, -0.2) is 9.18 Å². The van der Waals surface area contributed by atoms with Gasteiger partial charge in [-0.15, -0.1) is 0 Å². The van der Waals surface area contributed by atoms with Crippen LogP contribution in [0.3, 0.4) is 0 Å². The second-order valence-electron chi connectivity index (χ2n) is 7.74. The number of hydrogen-bond acceptors (Lipinski definition) is 5. The number of hydrogen-bond donors (Lipinski definition) is 1. The van der Waals surface area contributed by atoms with Crippen molar-refractivity contribution in [1.82, 2.24) is 0 Å². The van der Waals surface area contributed by atoms with Gasteiger partial charge in [-0.3, -0.25) is 14.5 Å². The number of ether oxygens (including phenoxy) is 1. The summed E-state index contributed by atoms with van der Waals surface area (Å²) in [6.45, 7) is 4.89. The van der Waals surface area contributed by atoms with Crippen LogP contribution in [0, 0.1) is 11.2 Å². The van der Waals surface area contributed by atoms with Gasteiger partial charge >= 0.3 is 6.09 Å². The number of benzene rings is 1. The summed E-state index contributed by atoms with van der Waals surface area (Å²) in [6.07, 6.45) is -0.158. The molecular formula is C19H24FN3O4. The minimum absolute atomic E-state index is 0.128. The van der Waals surface area contributed by atoms with Gasteiger partial charge in [0.25, 0.3) is 0 Å². The molecule has 0 saturated carbocycles. The summed E-state index contributed by atoms with van der Waals surface area (Å²) < 4.78 is 20.0. The zero-order chi connectivity index (χ0) is 19.8. The fourth-order valence-electron chi connectivity index (χ4n) is 3.53. The van der Waals surface area contributed by atoms with Crippen LogP contribution < -0.4 is 15.5 Å². The number of cyclic esters (lactones) is 1. The Morgan fingerprint density at radius 1 is 1.37 bits per heavy atom. The van der Waals surface area contributed by atoms with Gasteiger partial charge in [0, 0.05) is 31.3 Å². The standard InChI is InChI=1S/C19H24FN3O4/c1-19(2)11-22(8-7-16(19)24)15-5-3-12(9-14(15)20)23-10-13(27-18(23)26)4-6-17(21)25/h3,5,9,13H,4,6-8,10-11H2,1-2H3,(H2,21,25)/t13-/m0/s1. The third-order valence-corrected chi connectivity index (χ3v) is 5.12. The van der Waals surface area contributed by atoms with E-state index >= 15 is 0 Å². The molecule has 0 unspecified atom stereocenters. The lowest BCUT2D eigenvalue weighted by Gasteiger charge is -2.38. The van der Waals surface area contributed by atoms with Crippen LogP contribution in [0.1, 0.15) is 33.1 Å². The van der Waals surface area contributed by atoms with Crippen molar-refractivity contribution in [1.29, 1.82) is 0 Å². The number of Topliss-reactive ketones (excluding diaryl/α,β-unsaturated/α-hetero) is 1. The van der Waals surface area contributed by atoms with Crippen molar-refractivity contribution in [3.05, 3.63) is 24.0 Å². The topological polar surface area (TPSA) is 92.9 Å². The van der Waals surface area contributed by atoms with Crippen LogP contribution in [0.2, 0.25) is 0 Å². The fourth-order valence-corrected chi connectivity index (χ4v) is 3.53. The van der Waals surface area contributed by atoms with Crippen LogP contribution in [0.4, 0.5) is 20.6 Å². The number of nitrogens with two attached hydrogens (primary N) is 1. The van der Waals surface area contributed by atoms with Gasteiger partial charge in [0.15, 0.2) is 0 Å². The Morgan fingerprint density at radius 2 is 2.11 bits per heavy atom. The fraction of sp³-hybridized carbons (Fsp3) is 0.526. The highest BCUT2D eigenvalue weighted by Crippen LogP contribution is 2.33. The summed E-state index contributed by atoms with van der Waals surface area (Å²) in [7, 11) is 0. The minimum Gasteiger partial charge on any atom is -0.444 e. The number of nitrogens with zero attached hydrogens (tertiary/aromatic N) is 2. The maximum atomic E-state index is 14.7. The quantitative estimate of drug-likeness (QED) is 0.849. The van der Waals surface area contributed by atoms with E-state index in [2.05, 4.69) is 0 Å². The molecule has 146 valence electrons. The first kappa shape index (κ1) is 19.1. The number of amides is 2. The molecule has 0 radical (unpaired) electrons. The third kappa shape index (κ3) is 4.04. The van der Waals surface area contributed by atoms with Crippen LogP contribution >= 0.6 is 0 Å². The molecule has 2 heterocycles. The summed E-state index contributed by atoms with van der Waals surface area (Å²) in [5.41, 5.74) is 5.41. The lowest BCUT2D eigenvalue weighted by Crippen LogP contribution is -2.46. The molecule has 27 heavy (non-hydrogen) atoms. The van der Waals surface area contributed by atoms with E-state index in [9.17, 15) is 18.8 Å². The molecule has 7 nitrogen and oxygen atoms in total. The zero-order valence-corrected chi connectivity index (χ0v) is 15.5. The van der Waals surface area contributed by atoms with E-state index in [1.165, 1.54) is 11.0 Å². The number of rotatable bonds is 5. The number of ketones is 1. The number of halogens is 1. The van der Waals surface area contributed by atoms with Crippen LogP contribution in [-0.2, 0) is 14.3 Å². The van der Waals surface area contributed by atoms with E-state index in [0.29, 0.717) is 37.3 Å². The zero-order valence-electron chi connectivity index (χ0n) is 15.5. The molecule has 0 aromatic heterocycles. The molecule has 1 atom stereocenters. The second kappa shape index (κ2) is 7.17. The molecule has 8 heteroatoms. The van der Waals surface area contributed by atoms with E-state index in [0.717, 1.165) is 0 Å². The molecule has 2 amide bonds. The largest absolute Gasteiger partial charge is 0.444 e. The molecule has 2 aliphatic heterocycles. The van der Waals surface area contributed by atoms with Gasteiger partial charge in [0.1, 0.15) is 17.7 Å². The highest BCUT2D eigenvalue weighted by molar-refractivity contribution is 5.90. The molecule has 2 N–H and O–H groups in total. The number of anilines is 2. The Bertz CT molecular complexity index is 780. The maximum Gasteiger partial charge on any atom is 0.414 e. The average molecular weight is 377 g/mol. The number of carbonyl (C=O) groups excluding carboxylic acids is 3. The Kier molecular flexibility index (Phi) is 5.08. The first-order valence-corrected chi connectivity index (χ1v) is 9.01. The first-order valence-electron chi connectivity index (χ1n) is 9.01. The van der Waals surface area contributed by atoms with Gasteiger partial charge in [0.2, 0.25) is 5.91 Å². The van der Waals surface area contributed by atoms with E-state index in [4.69, 9.17) is 10.5 Å². The van der Waals surface area contributed by atoms with Crippen molar-refractivity contribution in [3.8, 4) is 0 Å². The van der Waals surface area contributed by atoms with Crippen LogP contribution in [0.25, 0.3) is 0 Å². The molecule has 0 aliphatic carbocycles. The third-order valence-electron chi connectivity index (χ3n) is 5.12. The van der Waals surface area contributed by atoms with Crippen molar-refractivity contribution in [2.75, 3.05) is 29.4 Å². The van der Waals surface area contributed by atoms with Crippen molar-refractivity contribution in [2.24, 2.45) is 11.1 Å². The Balaban J connectivity index is 1.72.